The zero-order chi connectivity index (χ0) is 15.2. The fourth-order valence-corrected chi connectivity index (χ4v) is 3.22. The molecular formula is C14H15NO6. The molecule has 0 saturated carbocycles. The van der Waals surface area contributed by atoms with Crippen LogP contribution in [0.25, 0.3) is 0 Å². The molecule has 7 nitrogen and oxygen atoms in total. The molecule has 0 radical (unpaired) electrons. The van der Waals surface area contributed by atoms with Crippen LogP contribution in [-0.4, -0.2) is 28.7 Å². The molecule has 7 heteroatoms. The van der Waals surface area contributed by atoms with E-state index in [1.807, 2.05) is 0 Å². The number of carbonyl (C=O) groups excluding carboxylic acids is 1. The molecule has 3 rings (SSSR count). The number of hydrogen-bond acceptors (Lipinski definition) is 6. The topological polar surface area (TPSA) is 98.9 Å². The molecule has 112 valence electrons. The Balaban J connectivity index is 2.12. The average Bonchev–Trinajstić information content (AvgIpc) is 2.74. The summed E-state index contributed by atoms with van der Waals surface area (Å²) in [4.78, 5) is 22.7. The fraction of sp³-hybridized carbons (Fsp3) is 0.500. The quantitative estimate of drug-likeness (QED) is 0.514. The summed E-state index contributed by atoms with van der Waals surface area (Å²) in [6.07, 6.45) is 0.194. The second kappa shape index (κ2) is 4.70. The number of carbonyl (C=O) groups is 1. The highest BCUT2D eigenvalue weighted by molar-refractivity contribution is 5.80. The van der Waals surface area contributed by atoms with Gasteiger partial charge in [0.2, 0.25) is 6.10 Å². The molecule has 1 heterocycles. The Morgan fingerprint density at radius 1 is 1.62 bits per heavy atom. The molecular weight excluding hydrogens is 278 g/mol. The van der Waals surface area contributed by atoms with Gasteiger partial charge in [0, 0.05) is 17.2 Å². The number of esters is 1. The van der Waals surface area contributed by atoms with Crippen molar-refractivity contribution in [2.24, 2.45) is 0 Å². The van der Waals surface area contributed by atoms with Crippen molar-refractivity contribution in [3.8, 4) is 5.75 Å². The number of ether oxygens (including phenoxy) is 2. The zero-order valence-corrected chi connectivity index (χ0v) is 11.5. The molecule has 1 aromatic carbocycles. The lowest BCUT2D eigenvalue weighted by atomic mass is 9.76. The van der Waals surface area contributed by atoms with Crippen LogP contribution in [0.1, 0.15) is 30.9 Å². The van der Waals surface area contributed by atoms with Gasteiger partial charge in [0.1, 0.15) is 11.4 Å². The van der Waals surface area contributed by atoms with Crippen molar-refractivity contribution in [1.82, 2.24) is 0 Å². The first-order chi connectivity index (χ1) is 9.99. The first-order valence-corrected chi connectivity index (χ1v) is 6.85. The lowest BCUT2D eigenvalue weighted by molar-refractivity contribution is -0.385. The largest absolute Gasteiger partial charge is 0.475 e. The minimum Gasteiger partial charge on any atom is -0.475 e. The highest BCUT2D eigenvalue weighted by Gasteiger charge is 2.55. The van der Waals surface area contributed by atoms with Crippen molar-refractivity contribution < 1.29 is 24.3 Å². The van der Waals surface area contributed by atoms with Crippen LogP contribution in [0, 0.1) is 10.1 Å². The molecule has 0 spiro atoms. The maximum atomic E-state index is 12.0. The van der Waals surface area contributed by atoms with Gasteiger partial charge in [0.25, 0.3) is 5.69 Å². The van der Waals surface area contributed by atoms with Crippen molar-refractivity contribution in [2.45, 2.75) is 37.9 Å². The second-order valence-electron chi connectivity index (χ2n) is 5.22. The lowest BCUT2D eigenvalue weighted by Gasteiger charge is -2.31. The van der Waals surface area contributed by atoms with Crippen molar-refractivity contribution >= 4 is 11.7 Å². The Morgan fingerprint density at radius 2 is 2.38 bits per heavy atom. The lowest BCUT2D eigenvalue weighted by Crippen LogP contribution is -2.46. The highest BCUT2D eigenvalue weighted by atomic mass is 16.6. The van der Waals surface area contributed by atoms with Gasteiger partial charge in [0.05, 0.1) is 11.5 Å². The van der Waals surface area contributed by atoms with Gasteiger partial charge in [-0.05, 0) is 32.3 Å². The third-order valence-corrected chi connectivity index (χ3v) is 4.04. The van der Waals surface area contributed by atoms with Crippen LogP contribution < -0.4 is 4.74 Å². The summed E-state index contributed by atoms with van der Waals surface area (Å²) in [5.74, 6) is -0.317. The number of nitro groups is 1. The summed E-state index contributed by atoms with van der Waals surface area (Å²) >= 11 is 0. The normalized spacial score (nSPS) is 25.9. The zero-order valence-electron chi connectivity index (χ0n) is 11.5. The third kappa shape index (κ3) is 1.88. The van der Waals surface area contributed by atoms with Crippen molar-refractivity contribution in [1.29, 1.82) is 0 Å². The van der Waals surface area contributed by atoms with Crippen molar-refractivity contribution in [3.63, 3.8) is 0 Å². The number of nitrogens with zero attached hydrogens (tertiary/aromatic N) is 1. The number of rotatable bonds is 3. The van der Waals surface area contributed by atoms with E-state index in [1.54, 1.807) is 6.92 Å². The maximum absolute atomic E-state index is 12.0. The number of aliphatic hydroxyl groups is 1. The van der Waals surface area contributed by atoms with Gasteiger partial charge in [-0.15, -0.1) is 0 Å². The molecule has 1 aliphatic heterocycles. The smallest absolute Gasteiger partial charge is 0.350 e. The molecule has 0 saturated heterocycles. The molecule has 2 aliphatic rings. The predicted molar refractivity (Wildman–Crippen MR) is 71.0 cm³/mol. The number of benzene rings is 1. The van der Waals surface area contributed by atoms with E-state index in [1.165, 1.54) is 12.1 Å². The average molecular weight is 293 g/mol. The summed E-state index contributed by atoms with van der Waals surface area (Å²) in [5, 5.41) is 22.0. The highest BCUT2D eigenvalue weighted by Crippen LogP contribution is 2.51. The minimum atomic E-state index is -1.54. The maximum Gasteiger partial charge on any atom is 0.350 e. The predicted octanol–water partition coefficient (Wildman–Crippen LogP) is 1.44. The van der Waals surface area contributed by atoms with Crippen LogP contribution in [0.5, 0.6) is 5.75 Å². The van der Waals surface area contributed by atoms with Gasteiger partial charge in [-0.1, -0.05) is 0 Å². The first kappa shape index (κ1) is 13.8. The van der Waals surface area contributed by atoms with Gasteiger partial charge in [-0.25, -0.2) is 4.79 Å². The van der Waals surface area contributed by atoms with E-state index in [0.717, 1.165) is 0 Å². The summed E-state index contributed by atoms with van der Waals surface area (Å²) in [6.45, 7) is 1.85. The summed E-state index contributed by atoms with van der Waals surface area (Å²) in [6, 6.07) is 2.79. The van der Waals surface area contributed by atoms with Crippen LogP contribution in [0.3, 0.4) is 0 Å². The van der Waals surface area contributed by atoms with Crippen LogP contribution in [0.15, 0.2) is 12.1 Å². The second-order valence-corrected chi connectivity index (χ2v) is 5.22. The number of nitro benzene ring substituents is 1. The van der Waals surface area contributed by atoms with Crippen LogP contribution in [-0.2, 0) is 21.6 Å². The molecule has 0 amide bonds. The van der Waals surface area contributed by atoms with Crippen molar-refractivity contribution in [2.75, 3.05) is 6.61 Å². The van der Waals surface area contributed by atoms with Crippen molar-refractivity contribution in [3.05, 3.63) is 33.4 Å². The van der Waals surface area contributed by atoms with E-state index < -0.39 is 22.6 Å². The van der Waals surface area contributed by atoms with Crippen LogP contribution in [0.4, 0.5) is 5.69 Å². The van der Waals surface area contributed by atoms with Crippen LogP contribution in [0.2, 0.25) is 0 Å². The fourth-order valence-electron chi connectivity index (χ4n) is 3.22. The molecule has 21 heavy (non-hydrogen) atoms. The van der Waals surface area contributed by atoms with Gasteiger partial charge < -0.3 is 14.6 Å². The molecule has 0 unspecified atom stereocenters. The summed E-state index contributed by atoms with van der Waals surface area (Å²) in [7, 11) is 0. The third-order valence-electron chi connectivity index (χ3n) is 4.04. The molecule has 1 aromatic rings. The Bertz CT molecular complexity index is 628. The summed E-state index contributed by atoms with van der Waals surface area (Å²) < 4.78 is 10.5. The van der Waals surface area contributed by atoms with Gasteiger partial charge >= 0.3 is 5.97 Å². The van der Waals surface area contributed by atoms with E-state index in [2.05, 4.69) is 0 Å². The van der Waals surface area contributed by atoms with Gasteiger partial charge in [0.15, 0.2) is 0 Å². The van der Waals surface area contributed by atoms with E-state index >= 15 is 0 Å². The van der Waals surface area contributed by atoms with E-state index in [4.69, 9.17) is 9.47 Å². The number of hydrogen-bond donors (Lipinski definition) is 1. The minimum absolute atomic E-state index is 0.0417. The van der Waals surface area contributed by atoms with Gasteiger partial charge in [-0.3, -0.25) is 10.1 Å². The molecule has 0 bridgehead atoms. The Morgan fingerprint density at radius 3 is 3.05 bits per heavy atom. The Labute approximate surface area is 120 Å². The van der Waals surface area contributed by atoms with Crippen LogP contribution >= 0.6 is 0 Å². The molecule has 1 N–H and O–H groups in total. The summed E-state index contributed by atoms with van der Waals surface area (Å²) in [5.41, 5.74) is -0.750. The standard InChI is InChI=1S/C14H15NO6/c1-2-20-13(16)12-14(17)7-3-4-8-9(15(18)19)5-6-10(21-12)11(8)14/h5-6,12,17H,2-4,7H2,1H3/t12-,14-/m1/s1. The van der Waals surface area contributed by atoms with E-state index in [9.17, 15) is 20.0 Å². The molecule has 2 atom stereocenters. The monoisotopic (exact) mass is 293 g/mol. The molecule has 0 fully saturated rings. The van der Waals surface area contributed by atoms with E-state index in [-0.39, 0.29) is 12.3 Å². The first-order valence-electron chi connectivity index (χ1n) is 6.85. The molecule has 0 aromatic heterocycles. The Hall–Kier alpha value is -2.15. The molecule has 1 aliphatic carbocycles. The van der Waals surface area contributed by atoms with Gasteiger partial charge in [-0.2, -0.15) is 0 Å². The SMILES string of the molecule is CCOC(=O)[C@H]1Oc2ccc([N+](=O)[O-])c3c2[C@]1(O)CCC3. The van der Waals surface area contributed by atoms with E-state index in [0.29, 0.717) is 36.1 Å². The Kier molecular flexibility index (Phi) is 3.09.